The van der Waals surface area contributed by atoms with Gasteiger partial charge in [0.1, 0.15) is 17.4 Å². The summed E-state index contributed by atoms with van der Waals surface area (Å²) in [6.45, 7) is 1.91. The lowest BCUT2D eigenvalue weighted by Crippen LogP contribution is -2.13. The Morgan fingerprint density at radius 1 is 1.19 bits per heavy atom. The molecule has 0 aliphatic heterocycles. The first-order valence-electron chi connectivity index (χ1n) is 7.79. The van der Waals surface area contributed by atoms with Crippen molar-refractivity contribution in [3.05, 3.63) is 63.2 Å². The second-order valence-electron chi connectivity index (χ2n) is 5.51. The number of nitro groups is 1. The molecule has 8 nitrogen and oxygen atoms in total. The van der Waals surface area contributed by atoms with Crippen LogP contribution in [0.15, 0.2) is 42.0 Å². The molecule has 2 aromatic rings. The number of nitro benzene ring substituents is 1. The Kier molecular flexibility index (Phi) is 6.12. The largest absolute Gasteiger partial charge is 0.496 e. The van der Waals surface area contributed by atoms with Gasteiger partial charge in [0.2, 0.25) is 5.75 Å². The summed E-state index contributed by atoms with van der Waals surface area (Å²) in [4.78, 5) is 23.0. The fraction of sp³-hybridized carbons (Fsp3) is 0.158. The van der Waals surface area contributed by atoms with Crippen molar-refractivity contribution in [3.8, 4) is 17.6 Å². The van der Waals surface area contributed by atoms with Crippen molar-refractivity contribution in [2.24, 2.45) is 0 Å². The minimum absolute atomic E-state index is 0.0108. The van der Waals surface area contributed by atoms with Crippen LogP contribution >= 0.6 is 0 Å². The zero-order valence-corrected chi connectivity index (χ0v) is 15.0. The smallest absolute Gasteiger partial charge is 0.311 e. The molecular formula is C19H17N3O5. The molecule has 1 N–H and O–H groups in total. The van der Waals surface area contributed by atoms with Crippen molar-refractivity contribution in [1.29, 1.82) is 5.26 Å². The van der Waals surface area contributed by atoms with Gasteiger partial charge >= 0.3 is 5.69 Å². The van der Waals surface area contributed by atoms with Gasteiger partial charge in [-0.1, -0.05) is 17.7 Å². The van der Waals surface area contributed by atoms with Gasteiger partial charge in [-0.3, -0.25) is 14.9 Å². The molecule has 0 radical (unpaired) electrons. The van der Waals surface area contributed by atoms with Gasteiger partial charge in [0.25, 0.3) is 5.91 Å². The summed E-state index contributed by atoms with van der Waals surface area (Å²) in [5.74, 6) is -0.396. The number of carbonyl (C=O) groups excluding carboxylic acids is 1. The molecule has 138 valence electrons. The molecule has 0 aliphatic carbocycles. The standard InChI is InChI=1S/C19H17N3O5/c1-12-4-6-15(7-5-12)21-19(23)14(11-20)8-13-9-16(22(24)25)18(27-3)10-17(13)26-2/h4-10H,1-3H3,(H,21,23)/b14-8-. The first-order chi connectivity index (χ1) is 12.9. The van der Waals surface area contributed by atoms with Gasteiger partial charge in [-0.15, -0.1) is 0 Å². The maximum absolute atomic E-state index is 12.4. The number of benzene rings is 2. The molecule has 0 saturated heterocycles. The van der Waals surface area contributed by atoms with Crippen molar-refractivity contribution in [3.63, 3.8) is 0 Å². The van der Waals surface area contributed by atoms with Crippen LogP contribution in [0.25, 0.3) is 6.08 Å². The minimum Gasteiger partial charge on any atom is -0.496 e. The second-order valence-corrected chi connectivity index (χ2v) is 5.51. The van der Waals surface area contributed by atoms with Crippen LogP contribution in [0.2, 0.25) is 0 Å². The molecule has 1 amide bonds. The highest BCUT2D eigenvalue weighted by atomic mass is 16.6. The molecule has 0 spiro atoms. The van der Waals surface area contributed by atoms with Gasteiger partial charge < -0.3 is 14.8 Å². The predicted molar refractivity (Wildman–Crippen MR) is 99.6 cm³/mol. The first kappa shape index (κ1) is 19.5. The molecule has 27 heavy (non-hydrogen) atoms. The van der Waals surface area contributed by atoms with Crippen molar-refractivity contribution in [1.82, 2.24) is 0 Å². The topological polar surface area (TPSA) is 114 Å². The summed E-state index contributed by atoms with van der Waals surface area (Å²) in [5, 5.41) is 23.2. The molecule has 2 rings (SSSR count). The summed E-state index contributed by atoms with van der Waals surface area (Å²) >= 11 is 0. The third-order valence-corrected chi connectivity index (χ3v) is 3.70. The van der Waals surface area contributed by atoms with Crippen molar-refractivity contribution in [2.45, 2.75) is 6.92 Å². The highest BCUT2D eigenvalue weighted by molar-refractivity contribution is 6.09. The molecule has 0 atom stereocenters. The van der Waals surface area contributed by atoms with Crippen molar-refractivity contribution < 1.29 is 19.2 Å². The van der Waals surface area contributed by atoms with E-state index >= 15 is 0 Å². The number of ether oxygens (including phenoxy) is 2. The van der Waals surface area contributed by atoms with Gasteiger partial charge in [0.05, 0.1) is 19.1 Å². The Balaban J connectivity index is 2.42. The van der Waals surface area contributed by atoms with E-state index in [0.29, 0.717) is 5.69 Å². The van der Waals surface area contributed by atoms with Crippen LogP contribution < -0.4 is 14.8 Å². The van der Waals surface area contributed by atoms with E-state index < -0.39 is 10.8 Å². The molecule has 8 heteroatoms. The molecule has 2 aromatic carbocycles. The molecule has 0 aromatic heterocycles. The maximum Gasteiger partial charge on any atom is 0.311 e. The normalized spacial score (nSPS) is 10.7. The zero-order chi connectivity index (χ0) is 20.0. The van der Waals surface area contributed by atoms with Crippen LogP contribution in [-0.4, -0.2) is 25.1 Å². The summed E-state index contributed by atoms with van der Waals surface area (Å²) in [5.41, 5.74) is 1.23. The third kappa shape index (κ3) is 4.61. The van der Waals surface area contributed by atoms with Crippen LogP contribution in [0.4, 0.5) is 11.4 Å². The number of nitrogens with one attached hydrogen (secondary N) is 1. The molecule has 0 heterocycles. The summed E-state index contributed by atoms with van der Waals surface area (Å²) in [6.07, 6.45) is 1.23. The maximum atomic E-state index is 12.4. The number of hydrogen-bond acceptors (Lipinski definition) is 6. The van der Waals surface area contributed by atoms with E-state index in [2.05, 4.69) is 5.32 Å². The molecule has 0 bridgehead atoms. The quantitative estimate of drug-likeness (QED) is 0.362. The number of nitriles is 1. The fourth-order valence-electron chi connectivity index (χ4n) is 2.30. The van der Waals surface area contributed by atoms with Gasteiger partial charge in [-0.05, 0) is 25.1 Å². The number of rotatable bonds is 6. The number of aryl methyl sites for hydroxylation is 1. The predicted octanol–water partition coefficient (Wildman–Crippen LogP) is 3.47. The highest BCUT2D eigenvalue weighted by Crippen LogP contribution is 2.35. The van der Waals surface area contributed by atoms with Crippen molar-refractivity contribution in [2.75, 3.05) is 19.5 Å². The number of methoxy groups -OCH3 is 2. The summed E-state index contributed by atoms with van der Waals surface area (Å²) < 4.78 is 10.2. The van der Waals surface area contributed by atoms with E-state index in [-0.39, 0.29) is 28.3 Å². The van der Waals surface area contributed by atoms with E-state index in [1.54, 1.807) is 18.2 Å². The Bertz CT molecular complexity index is 943. The van der Waals surface area contributed by atoms with Crippen LogP contribution in [0.1, 0.15) is 11.1 Å². The highest BCUT2D eigenvalue weighted by Gasteiger charge is 2.20. The lowest BCUT2D eigenvalue weighted by molar-refractivity contribution is -0.385. The SMILES string of the molecule is COc1cc(OC)c([N+](=O)[O-])cc1/C=C(/C#N)C(=O)Nc1ccc(C)cc1. The Morgan fingerprint density at radius 2 is 1.81 bits per heavy atom. The van der Waals surface area contributed by atoms with Crippen LogP contribution in [-0.2, 0) is 4.79 Å². The van der Waals surface area contributed by atoms with E-state index in [0.717, 1.165) is 5.56 Å². The summed E-state index contributed by atoms with van der Waals surface area (Å²) in [6, 6.07) is 11.4. The van der Waals surface area contributed by atoms with Crippen molar-refractivity contribution >= 4 is 23.4 Å². The first-order valence-corrected chi connectivity index (χ1v) is 7.79. The Hall–Kier alpha value is -3.86. The molecule has 0 saturated carbocycles. The van der Waals surface area contributed by atoms with Gasteiger partial charge in [-0.2, -0.15) is 5.26 Å². The molecular weight excluding hydrogens is 350 g/mol. The number of hydrogen-bond donors (Lipinski definition) is 1. The number of nitrogens with zero attached hydrogens (tertiary/aromatic N) is 2. The van der Waals surface area contributed by atoms with Gasteiger partial charge in [0, 0.05) is 23.4 Å². The molecule has 0 fully saturated rings. The van der Waals surface area contributed by atoms with E-state index in [1.165, 1.54) is 32.4 Å². The third-order valence-electron chi connectivity index (χ3n) is 3.70. The Morgan fingerprint density at radius 3 is 2.33 bits per heavy atom. The van der Waals surface area contributed by atoms with E-state index in [9.17, 15) is 20.2 Å². The van der Waals surface area contributed by atoms with Crippen LogP contribution in [0.5, 0.6) is 11.5 Å². The van der Waals surface area contributed by atoms with E-state index in [1.807, 2.05) is 19.1 Å². The average molecular weight is 367 g/mol. The average Bonchev–Trinajstić information content (AvgIpc) is 2.66. The lowest BCUT2D eigenvalue weighted by Gasteiger charge is -2.09. The second kappa shape index (κ2) is 8.49. The van der Waals surface area contributed by atoms with Crippen LogP contribution in [0.3, 0.4) is 0 Å². The van der Waals surface area contributed by atoms with Crippen LogP contribution in [0, 0.1) is 28.4 Å². The fourth-order valence-corrected chi connectivity index (χ4v) is 2.30. The number of amides is 1. The number of anilines is 1. The molecule has 0 unspecified atom stereocenters. The molecule has 0 aliphatic rings. The zero-order valence-electron chi connectivity index (χ0n) is 15.0. The lowest BCUT2D eigenvalue weighted by atomic mass is 10.1. The monoisotopic (exact) mass is 367 g/mol. The van der Waals surface area contributed by atoms with E-state index in [4.69, 9.17) is 9.47 Å². The number of carbonyl (C=O) groups is 1. The minimum atomic E-state index is -0.637. The summed E-state index contributed by atoms with van der Waals surface area (Å²) in [7, 11) is 2.67. The Labute approximate surface area is 155 Å². The van der Waals surface area contributed by atoms with Gasteiger partial charge in [-0.25, -0.2) is 0 Å². The van der Waals surface area contributed by atoms with Gasteiger partial charge in [0.15, 0.2) is 0 Å².